The lowest BCUT2D eigenvalue weighted by Crippen LogP contribution is -2.44. The maximum absolute atomic E-state index is 9.57. The largest absolute Gasteiger partial charge is 0.355 e. The molecule has 3 heterocycles. The Bertz CT molecular complexity index is 625. The third-order valence-electron chi connectivity index (χ3n) is 6.98. The second kappa shape index (κ2) is 9.16. The van der Waals surface area contributed by atoms with Crippen molar-refractivity contribution < 1.29 is 0 Å². The molecule has 0 radical (unpaired) electrons. The van der Waals surface area contributed by atoms with Gasteiger partial charge in [0.25, 0.3) is 0 Å². The molecule has 1 aliphatic carbocycles. The fraction of sp³-hybridized carbons (Fsp3) is 0.818. The minimum Gasteiger partial charge on any atom is -0.355 e. The van der Waals surface area contributed by atoms with Crippen molar-refractivity contribution in [3.63, 3.8) is 0 Å². The molecule has 152 valence electrons. The molecule has 6 nitrogen and oxygen atoms in total. The zero-order valence-electron chi connectivity index (χ0n) is 17.2. The Morgan fingerprint density at radius 2 is 1.50 bits per heavy atom. The molecule has 0 spiro atoms. The Labute approximate surface area is 170 Å². The van der Waals surface area contributed by atoms with E-state index in [9.17, 15) is 10.5 Å². The van der Waals surface area contributed by atoms with Gasteiger partial charge in [-0.25, -0.2) is 0 Å². The number of nitrogens with zero attached hydrogens (tertiary/aromatic N) is 6. The number of hydrogen-bond donors (Lipinski definition) is 0. The van der Waals surface area contributed by atoms with Crippen LogP contribution in [0.4, 0.5) is 0 Å². The van der Waals surface area contributed by atoms with Crippen LogP contribution in [0.15, 0.2) is 11.4 Å². The van der Waals surface area contributed by atoms with E-state index in [4.69, 9.17) is 0 Å². The molecule has 0 aromatic carbocycles. The third-order valence-corrected chi connectivity index (χ3v) is 6.98. The Kier molecular flexibility index (Phi) is 6.40. The van der Waals surface area contributed by atoms with Crippen molar-refractivity contribution in [1.82, 2.24) is 19.6 Å². The van der Waals surface area contributed by atoms with Gasteiger partial charge in [-0.15, -0.1) is 0 Å². The van der Waals surface area contributed by atoms with E-state index in [1.165, 1.54) is 58.3 Å². The summed E-state index contributed by atoms with van der Waals surface area (Å²) in [5.41, 5.74) is 0.306. The number of allylic oxidation sites excluding steroid dienone is 1. The molecule has 0 atom stereocenters. The molecule has 0 amide bonds. The quantitative estimate of drug-likeness (QED) is 0.657. The molecule has 28 heavy (non-hydrogen) atoms. The zero-order valence-corrected chi connectivity index (χ0v) is 17.2. The van der Waals surface area contributed by atoms with Gasteiger partial charge in [-0.3, -0.25) is 0 Å². The number of likely N-dealkylation sites (tertiary alicyclic amines) is 2. The maximum atomic E-state index is 9.57. The first-order valence-corrected chi connectivity index (χ1v) is 11.3. The van der Waals surface area contributed by atoms with Gasteiger partial charge in [0.2, 0.25) is 0 Å². The van der Waals surface area contributed by atoms with Crippen molar-refractivity contribution in [3.8, 4) is 12.1 Å². The highest BCUT2D eigenvalue weighted by Crippen LogP contribution is 2.33. The van der Waals surface area contributed by atoms with E-state index in [0.717, 1.165) is 57.3 Å². The molecule has 0 N–H and O–H groups in total. The van der Waals surface area contributed by atoms with Crippen LogP contribution < -0.4 is 0 Å². The molecule has 0 unspecified atom stereocenters. The number of piperidine rings is 2. The van der Waals surface area contributed by atoms with Gasteiger partial charge >= 0.3 is 0 Å². The maximum Gasteiger partial charge on any atom is 0.169 e. The van der Waals surface area contributed by atoms with Crippen LogP contribution in [0.1, 0.15) is 51.4 Å². The average molecular weight is 383 g/mol. The third kappa shape index (κ3) is 4.45. The number of hydrogen-bond acceptors (Lipinski definition) is 6. The predicted molar refractivity (Wildman–Crippen MR) is 109 cm³/mol. The lowest BCUT2D eigenvalue weighted by molar-refractivity contribution is 0.132. The molecule has 3 saturated heterocycles. The molecular formula is C22H34N6. The summed E-state index contributed by atoms with van der Waals surface area (Å²) in [6.45, 7) is 8.80. The first-order valence-electron chi connectivity index (χ1n) is 11.3. The topological polar surface area (TPSA) is 60.5 Å². The molecule has 0 bridgehead atoms. The summed E-state index contributed by atoms with van der Waals surface area (Å²) in [6.07, 6.45) is 10.2. The van der Waals surface area contributed by atoms with Gasteiger partial charge in [0.05, 0.1) is 0 Å². The normalized spacial score (nSPS) is 25.0. The monoisotopic (exact) mass is 382 g/mol. The van der Waals surface area contributed by atoms with Crippen LogP contribution in [-0.2, 0) is 0 Å². The number of nitriles is 2. The van der Waals surface area contributed by atoms with Crippen molar-refractivity contribution in [1.29, 1.82) is 10.5 Å². The highest BCUT2D eigenvalue weighted by atomic mass is 15.4. The van der Waals surface area contributed by atoms with Gasteiger partial charge < -0.3 is 19.6 Å². The van der Waals surface area contributed by atoms with Crippen LogP contribution in [-0.4, -0.2) is 84.0 Å². The van der Waals surface area contributed by atoms with E-state index in [-0.39, 0.29) is 0 Å². The van der Waals surface area contributed by atoms with Gasteiger partial charge in [0.1, 0.15) is 18.0 Å². The van der Waals surface area contributed by atoms with E-state index in [1.54, 1.807) is 0 Å². The van der Waals surface area contributed by atoms with Crippen LogP contribution in [0.25, 0.3) is 0 Å². The van der Waals surface area contributed by atoms with Crippen LogP contribution in [0.5, 0.6) is 0 Å². The minimum absolute atomic E-state index is 0.306. The summed E-state index contributed by atoms with van der Waals surface area (Å²) < 4.78 is 0. The van der Waals surface area contributed by atoms with Crippen molar-refractivity contribution in [3.05, 3.63) is 11.4 Å². The average Bonchev–Trinajstić information content (AvgIpc) is 3.52. The Morgan fingerprint density at radius 3 is 2.14 bits per heavy atom. The second-order valence-electron chi connectivity index (χ2n) is 8.86. The van der Waals surface area contributed by atoms with Crippen LogP contribution in [0.2, 0.25) is 0 Å². The van der Waals surface area contributed by atoms with Crippen molar-refractivity contribution in [2.24, 2.45) is 0 Å². The second-order valence-corrected chi connectivity index (χ2v) is 8.86. The van der Waals surface area contributed by atoms with Crippen molar-refractivity contribution in [2.45, 2.75) is 63.5 Å². The lowest BCUT2D eigenvalue weighted by Gasteiger charge is -2.38. The Balaban J connectivity index is 1.36. The van der Waals surface area contributed by atoms with Gasteiger partial charge in [0, 0.05) is 44.8 Å². The molecule has 0 aromatic rings. The molecule has 1 saturated carbocycles. The van der Waals surface area contributed by atoms with Gasteiger partial charge in [-0.05, 0) is 64.6 Å². The Hall–Kier alpha value is -1.76. The highest BCUT2D eigenvalue weighted by molar-refractivity contribution is 5.40. The zero-order chi connectivity index (χ0) is 19.3. The number of rotatable bonds is 6. The summed E-state index contributed by atoms with van der Waals surface area (Å²) in [4.78, 5) is 9.93. The SMILES string of the molecule is N#CC(C#N)=C1N(CCCN2CCCCC2)CCN1C1CCN(C2CC2)CC1. The summed E-state index contributed by atoms with van der Waals surface area (Å²) in [5.74, 6) is 0.925. The predicted octanol–water partition coefficient (Wildman–Crippen LogP) is 2.37. The molecule has 6 heteroatoms. The van der Waals surface area contributed by atoms with Gasteiger partial charge in [-0.2, -0.15) is 10.5 Å². The lowest BCUT2D eigenvalue weighted by atomic mass is 10.0. The fourth-order valence-corrected chi connectivity index (χ4v) is 5.29. The molecule has 4 rings (SSSR count). The summed E-state index contributed by atoms with van der Waals surface area (Å²) >= 11 is 0. The van der Waals surface area contributed by atoms with E-state index in [0.29, 0.717) is 11.6 Å². The van der Waals surface area contributed by atoms with Crippen molar-refractivity contribution in [2.75, 3.05) is 52.4 Å². The summed E-state index contributed by atoms with van der Waals surface area (Å²) in [7, 11) is 0. The smallest absolute Gasteiger partial charge is 0.169 e. The van der Waals surface area contributed by atoms with Crippen LogP contribution in [0.3, 0.4) is 0 Å². The molecule has 4 fully saturated rings. The van der Waals surface area contributed by atoms with E-state index < -0.39 is 0 Å². The molecule has 4 aliphatic rings. The van der Waals surface area contributed by atoms with Crippen LogP contribution in [0, 0.1) is 22.7 Å². The van der Waals surface area contributed by atoms with Crippen LogP contribution >= 0.6 is 0 Å². The van der Waals surface area contributed by atoms with Crippen molar-refractivity contribution >= 4 is 0 Å². The standard InChI is InChI=1S/C22H34N6/c23-17-19(18-24)22-27(12-4-11-25-9-2-1-3-10-25)15-16-28(22)21-7-13-26(14-8-21)20-5-6-20/h20-21H,1-16H2. The summed E-state index contributed by atoms with van der Waals surface area (Å²) in [5, 5.41) is 19.1. The first kappa shape index (κ1) is 19.6. The highest BCUT2D eigenvalue weighted by Gasteiger charge is 2.37. The minimum atomic E-state index is 0.306. The molecule has 0 aromatic heterocycles. The van der Waals surface area contributed by atoms with Gasteiger partial charge in [0.15, 0.2) is 5.57 Å². The first-order chi connectivity index (χ1) is 13.8. The van der Waals surface area contributed by atoms with E-state index in [1.807, 2.05) is 0 Å². The van der Waals surface area contributed by atoms with E-state index in [2.05, 4.69) is 31.7 Å². The summed E-state index contributed by atoms with van der Waals surface area (Å²) in [6, 6.07) is 5.69. The van der Waals surface area contributed by atoms with Gasteiger partial charge in [-0.1, -0.05) is 6.42 Å². The fourth-order valence-electron chi connectivity index (χ4n) is 5.29. The molecule has 3 aliphatic heterocycles. The Morgan fingerprint density at radius 1 is 0.786 bits per heavy atom. The van der Waals surface area contributed by atoms with E-state index >= 15 is 0 Å². The molecular weight excluding hydrogens is 348 g/mol.